The average Bonchev–Trinajstić information content (AvgIpc) is 2.58. The van der Waals surface area contributed by atoms with E-state index in [2.05, 4.69) is 0 Å². The van der Waals surface area contributed by atoms with Gasteiger partial charge < -0.3 is 4.74 Å². The van der Waals surface area contributed by atoms with Gasteiger partial charge in [-0.25, -0.2) is 0 Å². The number of benzene rings is 1. The third-order valence-electron chi connectivity index (χ3n) is 2.92. The van der Waals surface area contributed by atoms with Crippen LogP contribution < -0.4 is 0 Å². The lowest BCUT2D eigenvalue weighted by molar-refractivity contribution is -0.145. The number of Topliss-reactive ketones (excluding diaryl/α,β-unsaturated/α-hetero) is 1. The molecule has 0 spiro atoms. The maximum absolute atomic E-state index is 12.0. The van der Waals surface area contributed by atoms with E-state index in [1.807, 2.05) is 25.1 Å². The van der Waals surface area contributed by atoms with Gasteiger partial charge in [0.05, 0.1) is 6.61 Å². The molecule has 0 bridgehead atoms. The summed E-state index contributed by atoms with van der Waals surface area (Å²) in [5, 5.41) is 0. The van der Waals surface area contributed by atoms with E-state index in [1.54, 1.807) is 6.92 Å². The van der Waals surface area contributed by atoms with Crippen LogP contribution in [0.3, 0.4) is 0 Å². The standard InChI is InChI=1S/C13H14O3/c1-3-16-13(15)10-7-9-6-4-5-8(2)11(9)12(10)14/h4-6,10H,3,7H2,1-2H3. The summed E-state index contributed by atoms with van der Waals surface area (Å²) in [6.45, 7) is 3.96. The van der Waals surface area contributed by atoms with Gasteiger partial charge in [-0.15, -0.1) is 0 Å². The van der Waals surface area contributed by atoms with Crippen LogP contribution in [0.5, 0.6) is 0 Å². The zero-order chi connectivity index (χ0) is 11.7. The Morgan fingerprint density at radius 1 is 1.50 bits per heavy atom. The molecule has 1 aromatic carbocycles. The van der Waals surface area contributed by atoms with Crippen LogP contribution in [0.15, 0.2) is 18.2 Å². The van der Waals surface area contributed by atoms with Crippen molar-refractivity contribution >= 4 is 11.8 Å². The second-order valence-corrected chi connectivity index (χ2v) is 3.98. The van der Waals surface area contributed by atoms with Crippen molar-refractivity contribution in [2.75, 3.05) is 6.61 Å². The Labute approximate surface area is 94.4 Å². The Balaban J connectivity index is 2.31. The van der Waals surface area contributed by atoms with Gasteiger partial charge in [-0.05, 0) is 31.4 Å². The predicted octanol–water partition coefficient (Wildman–Crippen LogP) is 1.91. The van der Waals surface area contributed by atoms with E-state index in [-0.39, 0.29) is 5.78 Å². The summed E-state index contributed by atoms with van der Waals surface area (Å²) < 4.78 is 4.91. The molecule has 1 aliphatic carbocycles. The van der Waals surface area contributed by atoms with Gasteiger partial charge in [0, 0.05) is 5.56 Å². The molecular weight excluding hydrogens is 204 g/mol. The molecule has 0 heterocycles. The van der Waals surface area contributed by atoms with E-state index >= 15 is 0 Å². The first-order valence-electron chi connectivity index (χ1n) is 5.44. The smallest absolute Gasteiger partial charge is 0.317 e. The van der Waals surface area contributed by atoms with Gasteiger partial charge in [-0.2, -0.15) is 0 Å². The van der Waals surface area contributed by atoms with E-state index in [0.29, 0.717) is 18.6 Å². The summed E-state index contributed by atoms with van der Waals surface area (Å²) in [7, 11) is 0. The molecule has 0 aromatic heterocycles. The number of hydrogen-bond acceptors (Lipinski definition) is 3. The number of ketones is 1. The second kappa shape index (κ2) is 4.08. The first-order chi connectivity index (χ1) is 7.65. The third kappa shape index (κ3) is 1.62. The fourth-order valence-electron chi connectivity index (χ4n) is 2.17. The number of esters is 1. The maximum Gasteiger partial charge on any atom is 0.317 e. The van der Waals surface area contributed by atoms with Crippen molar-refractivity contribution in [3.63, 3.8) is 0 Å². The first kappa shape index (κ1) is 10.9. The summed E-state index contributed by atoms with van der Waals surface area (Å²) in [6, 6.07) is 5.71. The van der Waals surface area contributed by atoms with E-state index < -0.39 is 11.9 Å². The number of ether oxygens (including phenoxy) is 1. The molecule has 0 radical (unpaired) electrons. The number of rotatable bonds is 2. The lowest BCUT2D eigenvalue weighted by atomic mass is 10.0. The molecule has 16 heavy (non-hydrogen) atoms. The van der Waals surface area contributed by atoms with Crippen LogP contribution in [0, 0.1) is 12.8 Å². The number of hydrogen-bond donors (Lipinski definition) is 0. The molecule has 0 aliphatic heterocycles. The van der Waals surface area contributed by atoms with E-state index in [0.717, 1.165) is 11.1 Å². The third-order valence-corrected chi connectivity index (χ3v) is 2.92. The van der Waals surface area contributed by atoms with E-state index in [9.17, 15) is 9.59 Å². The molecule has 0 N–H and O–H groups in total. The minimum absolute atomic E-state index is 0.0912. The van der Waals surface area contributed by atoms with Crippen molar-refractivity contribution in [2.24, 2.45) is 5.92 Å². The van der Waals surface area contributed by atoms with Crippen molar-refractivity contribution in [3.8, 4) is 0 Å². The number of carbonyl (C=O) groups excluding carboxylic acids is 2. The van der Waals surface area contributed by atoms with Crippen LogP contribution in [0.1, 0.15) is 28.4 Å². The van der Waals surface area contributed by atoms with Gasteiger partial charge in [-0.3, -0.25) is 9.59 Å². The molecular formula is C13H14O3. The highest BCUT2D eigenvalue weighted by molar-refractivity contribution is 6.13. The van der Waals surface area contributed by atoms with Crippen molar-refractivity contribution in [1.82, 2.24) is 0 Å². The van der Waals surface area contributed by atoms with Crippen molar-refractivity contribution < 1.29 is 14.3 Å². The normalized spacial score (nSPS) is 18.4. The first-order valence-corrected chi connectivity index (χ1v) is 5.44. The molecule has 3 nitrogen and oxygen atoms in total. The molecule has 1 aromatic rings. The monoisotopic (exact) mass is 218 g/mol. The van der Waals surface area contributed by atoms with E-state index in [1.165, 1.54) is 0 Å². The van der Waals surface area contributed by atoms with Gasteiger partial charge in [0.2, 0.25) is 0 Å². The summed E-state index contributed by atoms with van der Waals surface area (Å²) in [4.78, 5) is 23.6. The fraction of sp³-hybridized carbons (Fsp3) is 0.385. The SMILES string of the molecule is CCOC(=O)C1Cc2cccc(C)c2C1=O. The van der Waals surface area contributed by atoms with Crippen LogP contribution in [-0.4, -0.2) is 18.4 Å². The molecule has 0 fully saturated rings. The molecule has 1 unspecified atom stereocenters. The highest BCUT2D eigenvalue weighted by Gasteiger charge is 2.37. The zero-order valence-electron chi connectivity index (χ0n) is 9.45. The molecule has 1 atom stereocenters. The molecule has 84 valence electrons. The van der Waals surface area contributed by atoms with Crippen molar-refractivity contribution in [3.05, 3.63) is 34.9 Å². The second-order valence-electron chi connectivity index (χ2n) is 3.98. The van der Waals surface area contributed by atoms with Crippen molar-refractivity contribution in [2.45, 2.75) is 20.3 Å². The maximum atomic E-state index is 12.0. The Hall–Kier alpha value is -1.64. The number of fused-ring (bicyclic) bond motifs is 1. The molecule has 1 aliphatic rings. The molecule has 3 heteroatoms. The molecule has 0 saturated carbocycles. The van der Waals surface area contributed by atoms with Crippen LogP contribution in [-0.2, 0) is 16.0 Å². The van der Waals surface area contributed by atoms with Gasteiger partial charge in [0.1, 0.15) is 5.92 Å². The summed E-state index contributed by atoms with van der Waals surface area (Å²) in [5.74, 6) is -1.12. The van der Waals surface area contributed by atoms with Gasteiger partial charge in [-0.1, -0.05) is 18.2 Å². The summed E-state index contributed by atoms with van der Waals surface area (Å²) in [6.07, 6.45) is 0.481. The lowest BCUT2D eigenvalue weighted by Crippen LogP contribution is -2.23. The highest BCUT2D eigenvalue weighted by atomic mass is 16.5. The predicted molar refractivity (Wildman–Crippen MR) is 59.3 cm³/mol. The van der Waals surface area contributed by atoms with Crippen LogP contribution >= 0.6 is 0 Å². The molecule has 0 saturated heterocycles. The van der Waals surface area contributed by atoms with Crippen LogP contribution in [0.4, 0.5) is 0 Å². The summed E-state index contributed by atoms with van der Waals surface area (Å²) in [5.41, 5.74) is 2.61. The quantitative estimate of drug-likeness (QED) is 0.562. The van der Waals surface area contributed by atoms with Gasteiger partial charge >= 0.3 is 5.97 Å². The largest absolute Gasteiger partial charge is 0.465 e. The highest BCUT2D eigenvalue weighted by Crippen LogP contribution is 2.29. The van der Waals surface area contributed by atoms with Gasteiger partial charge in [0.15, 0.2) is 5.78 Å². The zero-order valence-corrected chi connectivity index (χ0v) is 9.45. The minimum atomic E-state index is -0.629. The molecule has 2 rings (SSSR count). The number of carbonyl (C=O) groups is 2. The lowest BCUT2D eigenvalue weighted by Gasteiger charge is -2.06. The Morgan fingerprint density at radius 2 is 2.25 bits per heavy atom. The van der Waals surface area contributed by atoms with Crippen LogP contribution in [0.25, 0.3) is 0 Å². The fourth-order valence-corrected chi connectivity index (χ4v) is 2.17. The minimum Gasteiger partial charge on any atom is -0.465 e. The van der Waals surface area contributed by atoms with Gasteiger partial charge in [0.25, 0.3) is 0 Å². The van der Waals surface area contributed by atoms with E-state index in [4.69, 9.17) is 4.74 Å². The molecule has 0 amide bonds. The number of aryl methyl sites for hydroxylation is 1. The van der Waals surface area contributed by atoms with Crippen LogP contribution in [0.2, 0.25) is 0 Å². The Kier molecular flexibility index (Phi) is 2.77. The summed E-state index contributed by atoms with van der Waals surface area (Å²) >= 11 is 0. The topological polar surface area (TPSA) is 43.4 Å². The Bertz CT molecular complexity index is 448. The average molecular weight is 218 g/mol. The Morgan fingerprint density at radius 3 is 2.88 bits per heavy atom. The van der Waals surface area contributed by atoms with Crippen molar-refractivity contribution in [1.29, 1.82) is 0 Å².